The van der Waals surface area contributed by atoms with Gasteiger partial charge in [0.1, 0.15) is 5.52 Å². The van der Waals surface area contributed by atoms with Crippen LogP contribution >= 0.6 is 0 Å². The summed E-state index contributed by atoms with van der Waals surface area (Å²) in [6.07, 6.45) is 4.97. The fraction of sp³-hybridized carbons (Fsp3) is 0.429. The lowest BCUT2D eigenvalue weighted by Gasteiger charge is -2.40. The van der Waals surface area contributed by atoms with Crippen molar-refractivity contribution in [1.29, 1.82) is 0 Å². The standard InChI is InChI=1S/C14H16N2O3/c1-19-14(6-3-7-14)8-16-9-15-12-10(13(17)18)4-2-5-11(12)16/h2,4-5,9H,3,6-8H2,1H3,(H,17,18). The molecule has 1 aliphatic carbocycles. The van der Waals surface area contributed by atoms with Crippen molar-refractivity contribution in [2.45, 2.75) is 31.4 Å². The summed E-state index contributed by atoms with van der Waals surface area (Å²) in [6, 6.07) is 5.23. The normalized spacial score (nSPS) is 17.3. The second-order valence-electron chi connectivity index (χ2n) is 5.09. The Bertz CT molecular complexity index is 623. The predicted molar refractivity (Wildman–Crippen MR) is 70.3 cm³/mol. The first kappa shape index (κ1) is 12.2. The summed E-state index contributed by atoms with van der Waals surface area (Å²) in [4.78, 5) is 15.4. The number of imidazole rings is 1. The minimum atomic E-state index is -0.944. The van der Waals surface area contributed by atoms with Gasteiger partial charge >= 0.3 is 5.97 Å². The molecule has 1 aromatic heterocycles. The molecule has 5 heteroatoms. The highest BCUT2D eigenvalue weighted by Crippen LogP contribution is 2.37. The molecule has 1 aliphatic rings. The minimum Gasteiger partial charge on any atom is -0.478 e. The number of benzene rings is 1. The molecule has 1 aromatic carbocycles. The first-order valence-electron chi connectivity index (χ1n) is 6.37. The molecule has 1 fully saturated rings. The number of aromatic nitrogens is 2. The Kier molecular flexibility index (Phi) is 2.78. The third kappa shape index (κ3) is 1.90. The highest BCUT2D eigenvalue weighted by atomic mass is 16.5. The van der Waals surface area contributed by atoms with Crippen molar-refractivity contribution in [3.05, 3.63) is 30.1 Å². The SMILES string of the molecule is COC1(Cn2cnc3c(C(=O)O)cccc32)CCC1. The zero-order valence-electron chi connectivity index (χ0n) is 10.8. The van der Waals surface area contributed by atoms with Crippen molar-refractivity contribution in [3.63, 3.8) is 0 Å². The van der Waals surface area contributed by atoms with Crippen LogP contribution in [-0.2, 0) is 11.3 Å². The van der Waals surface area contributed by atoms with Gasteiger partial charge in [-0.1, -0.05) is 6.07 Å². The van der Waals surface area contributed by atoms with Crippen LogP contribution in [0.4, 0.5) is 0 Å². The largest absolute Gasteiger partial charge is 0.478 e. The molecule has 19 heavy (non-hydrogen) atoms. The van der Waals surface area contributed by atoms with Crippen LogP contribution in [0.3, 0.4) is 0 Å². The number of rotatable bonds is 4. The number of methoxy groups -OCH3 is 1. The summed E-state index contributed by atoms with van der Waals surface area (Å²) < 4.78 is 7.60. The fourth-order valence-electron chi connectivity index (χ4n) is 2.70. The Labute approximate surface area is 110 Å². The maximum absolute atomic E-state index is 11.2. The van der Waals surface area contributed by atoms with E-state index >= 15 is 0 Å². The number of nitrogens with zero attached hydrogens (tertiary/aromatic N) is 2. The van der Waals surface area contributed by atoms with E-state index in [2.05, 4.69) is 4.98 Å². The summed E-state index contributed by atoms with van der Waals surface area (Å²) in [5.74, 6) is -0.944. The molecule has 3 rings (SSSR count). The number of ether oxygens (including phenoxy) is 1. The zero-order chi connectivity index (χ0) is 13.5. The number of para-hydroxylation sites is 1. The van der Waals surface area contributed by atoms with Crippen LogP contribution < -0.4 is 0 Å². The number of hydrogen-bond acceptors (Lipinski definition) is 3. The number of carboxylic acids is 1. The van der Waals surface area contributed by atoms with Gasteiger partial charge in [-0.3, -0.25) is 0 Å². The summed E-state index contributed by atoms with van der Waals surface area (Å²) in [5.41, 5.74) is 1.53. The summed E-state index contributed by atoms with van der Waals surface area (Å²) in [7, 11) is 1.74. The molecular weight excluding hydrogens is 244 g/mol. The lowest BCUT2D eigenvalue weighted by atomic mass is 9.80. The quantitative estimate of drug-likeness (QED) is 0.916. The van der Waals surface area contributed by atoms with Gasteiger partial charge in [-0.05, 0) is 31.4 Å². The zero-order valence-corrected chi connectivity index (χ0v) is 10.8. The number of aromatic carboxylic acids is 1. The van der Waals surface area contributed by atoms with Crippen molar-refractivity contribution in [2.24, 2.45) is 0 Å². The van der Waals surface area contributed by atoms with E-state index in [0.29, 0.717) is 5.52 Å². The Morgan fingerprint density at radius 1 is 1.53 bits per heavy atom. The average Bonchev–Trinajstić information content (AvgIpc) is 2.76. The molecule has 100 valence electrons. The molecular formula is C14H16N2O3. The van der Waals surface area contributed by atoms with Gasteiger partial charge in [0.25, 0.3) is 0 Å². The van der Waals surface area contributed by atoms with E-state index in [-0.39, 0.29) is 11.2 Å². The second kappa shape index (κ2) is 4.35. The smallest absolute Gasteiger partial charge is 0.337 e. The maximum atomic E-state index is 11.2. The molecule has 5 nitrogen and oxygen atoms in total. The van der Waals surface area contributed by atoms with E-state index in [1.807, 2.05) is 10.6 Å². The van der Waals surface area contributed by atoms with Crippen LogP contribution in [0, 0.1) is 0 Å². The fourth-order valence-corrected chi connectivity index (χ4v) is 2.70. The second-order valence-corrected chi connectivity index (χ2v) is 5.09. The van der Waals surface area contributed by atoms with E-state index in [9.17, 15) is 4.79 Å². The Hall–Kier alpha value is -1.88. The monoisotopic (exact) mass is 260 g/mol. The first-order valence-corrected chi connectivity index (χ1v) is 6.37. The average molecular weight is 260 g/mol. The lowest BCUT2D eigenvalue weighted by molar-refractivity contribution is -0.0828. The highest BCUT2D eigenvalue weighted by Gasteiger charge is 2.37. The number of hydrogen-bond donors (Lipinski definition) is 1. The minimum absolute atomic E-state index is 0.104. The Balaban J connectivity index is 2.01. The third-order valence-corrected chi connectivity index (χ3v) is 4.04. The molecule has 0 aliphatic heterocycles. The van der Waals surface area contributed by atoms with Gasteiger partial charge in [0.2, 0.25) is 0 Å². The van der Waals surface area contributed by atoms with E-state index in [0.717, 1.165) is 24.9 Å². The molecule has 0 radical (unpaired) electrons. The molecule has 0 spiro atoms. The molecule has 0 saturated heterocycles. The van der Waals surface area contributed by atoms with Crippen molar-refractivity contribution in [2.75, 3.05) is 7.11 Å². The molecule has 0 unspecified atom stereocenters. The molecule has 0 atom stereocenters. The van der Waals surface area contributed by atoms with E-state index in [4.69, 9.17) is 9.84 Å². The molecule has 1 heterocycles. The van der Waals surface area contributed by atoms with E-state index in [1.165, 1.54) is 6.42 Å². The first-order chi connectivity index (χ1) is 9.15. The van der Waals surface area contributed by atoms with Crippen LogP contribution in [0.15, 0.2) is 24.5 Å². The number of carboxylic acid groups (broad SMARTS) is 1. The van der Waals surface area contributed by atoms with Crippen molar-refractivity contribution < 1.29 is 14.6 Å². The van der Waals surface area contributed by atoms with Gasteiger partial charge in [0.05, 0.1) is 29.6 Å². The summed E-state index contributed by atoms with van der Waals surface area (Å²) in [5, 5.41) is 9.15. The van der Waals surface area contributed by atoms with Crippen LogP contribution in [0.1, 0.15) is 29.6 Å². The number of carbonyl (C=O) groups is 1. The van der Waals surface area contributed by atoms with Crippen molar-refractivity contribution >= 4 is 17.0 Å². The predicted octanol–water partition coefficient (Wildman–Crippen LogP) is 2.30. The van der Waals surface area contributed by atoms with E-state index in [1.54, 1.807) is 25.6 Å². The molecule has 0 bridgehead atoms. The van der Waals surface area contributed by atoms with Crippen LogP contribution in [0.5, 0.6) is 0 Å². The van der Waals surface area contributed by atoms with Gasteiger partial charge in [-0.25, -0.2) is 9.78 Å². The van der Waals surface area contributed by atoms with Crippen LogP contribution in [0.25, 0.3) is 11.0 Å². The highest BCUT2D eigenvalue weighted by molar-refractivity contribution is 6.00. The molecule has 0 amide bonds. The topological polar surface area (TPSA) is 64.4 Å². The molecule has 1 saturated carbocycles. The van der Waals surface area contributed by atoms with Gasteiger partial charge in [-0.15, -0.1) is 0 Å². The molecule has 2 aromatic rings. The van der Waals surface area contributed by atoms with Crippen molar-refractivity contribution in [1.82, 2.24) is 9.55 Å². The van der Waals surface area contributed by atoms with Crippen LogP contribution in [-0.4, -0.2) is 33.3 Å². The number of fused-ring (bicyclic) bond motifs is 1. The van der Waals surface area contributed by atoms with Crippen LogP contribution in [0.2, 0.25) is 0 Å². The van der Waals surface area contributed by atoms with Gasteiger partial charge in [-0.2, -0.15) is 0 Å². The summed E-state index contributed by atoms with van der Waals surface area (Å²) >= 11 is 0. The summed E-state index contributed by atoms with van der Waals surface area (Å²) in [6.45, 7) is 0.725. The van der Waals surface area contributed by atoms with Gasteiger partial charge in [0, 0.05) is 7.11 Å². The van der Waals surface area contributed by atoms with Gasteiger partial charge in [0.15, 0.2) is 0 Å². The molecule has 1 N–H and O–H groups in total. The lowest BCUT2D eigenvalue weighted by Crippen LogP contribution is -2.43. The third-order valence-electron chi connectivity index (χ3n) is 4.04. The maximum Gasteiger partial charge on any atom is 0.337 e. The van der Waals surface area contributed by atoms with Crippen molar-refractivity contribution in [3.8, 4) is 0 Å². The van der Waals surface area contributed by atoms with E-state index < -0.39 is 5.97 Å². The Morgan fingerprint density at radius 2 is 2.32 bits per heavy atom. The Morgan fingerprint density at radius 3 is 2.89 bits per heavy atom. The van der Waals surface area contributed by atoms with Gasteiger partial charge < -0.3 is 14.4 Å².